The zero-order valence-corrected chi connectivity index (χ0v) is 11.6. The molecule has 1 aromatic carbocycles. The lowest BCUT2D eigenvalue weighted by Gasteiger charge is -2.40. The highest BCUT2D eigenvalue weighted by molar-refractivity contribution is 5.86. The van der Waals surface area contributed by atoms with Gasteiger partial charge in [0.2, 0.25) is 5.91 Å². The van der Waals surface area contributed by atoms with E-state index in [0.717, 1.165) is 18.4 Å². The minimum Gasteiger partial charge on any atom is -0.480 e. The summed E-state index contributed by atoms with van der Waals surface area (Å²) < 4.78 is 0. The van der Waals surface area contributed by atoms with Crippen LogP contribution >= 0.6 is 0 Å². The number of carboxylic acids is 1. The van der Waals surface area contributed by atoms with Gasteiger partial charge in [0, 0.05) is 5.92 Å². The van der Waals surface area contributed by atoms with Gasteiger partial charge in [-0.25, -0.2) is 4.79 Å². The molecule has 1 amide bonds. The summed E-state index contributed by atoms with van der Waals surface area (Å²) in [5.74, 6) is -1.05. The Balaban J connectivity index is 2.10. The van der Waals surface area contributed by atoms with E-state index in [9.17, 15) is 14.7 Å². The van der Waals surface area contributed by atoms with Crippen LogP contribution in [0.2, 0.25) is 0 Å². The van der Waals surface area contributed by atoms with E-state index in [-0.39, 0.29) is 17.9 Å². The van der Waals surface area contributed by atoms with Gasteiger partial charge in [0.15, 0.2) is 0 Å². The maximum Gasteiger partial charge on any atom is 0.326 e. The van der Waals surface area contributed by atoms with Gasteiger partial charge in [-0.05, 0) is 36.8 Å². The molecule has 4 heteroatoms. The van der Waals surface area contributed by atoms with E-state index in [2.05, 4.69) is 6.07 Å². The molecule has 0 saturated carbocycles. The molecule has 2 heterocycles. The van der Waals surface area contributed by atoms with Gasteiger partial charge in [-0.1, -0.05) is 31.2 Å². The minimum atomic E-state index is -0.880. The van der Waals surface area contributed by atoms with Gasteiger partial charge in [0.1, 0.15) is 6.04 Å². The first-order chi connectivity index (χ1) is 9.59. The molecular weight excluding hydrogens is 254 g/mol. The number of carboxylic acid groups (broad SMARTS) is 1. The van der Waals surface area contributed by atoms with Crippen LogP contribution in [0.4, 0.5) is 0 Å². The fourth-order valence-electron chi connectivity index (χ4n) is 3.57. The maximum atomic E-state index is 12.6. The van der Waals surface area contributed by atoms with Gasteiger partial charge in [-0.3, -0.25) is 4.79 Å². The highest BCUT2D eigenvalue weighted by atomic mass is 16.4. The molecule has 0 bridgehead atoms. The van der Waals surface area contributed by atoms with Crippen LogP contribution in [-0.4, -0.2) is 27.9 Å². The Bertz CT molecular complexity index is 554. The van der Waals surface area contributed by atoms with Crippen molar-refractivity contribution in [3.8, 4) is 0 Å². The number of aliphatic carboxylic acids is 1. The van der Waals surface area contributed by atoms with Crippen LogP contribution in [0.1, 0.15) is 43.4 Å². The average molecular weight is 273 g/mol. The summed E-state index contributed by atoms with van der Waals surface area (Å²) in [6.45, 7) is 1.90. The zero-order valence-electron chi connectivity index (χ0n) is 11.6. The van der Waals surface area contributed by atoms with Crippen molar-refractivity contribution >= 4 is 11.9 Å². The van der Waals surface area contributed by atoms with Crippen LogP contribution in [0.15, 0.2) is 24.3 Å². The predicted molar refractivity (Wildman–Crippen MR) is 74.2 cm³/mol. The first kappa shape index (κ1) is 13.2. The van der Waals surface area contributed by atoms with Crippen LogP contribution in [-0.2, 0) is 16.0 Å². The van der Waals surface area contributed by atoms with Crippen LogP contribution in [0.25, 0.3) is 0 Å². The molecule has 1 N–H and O–H groups in total. The summed E-state index contributed by atoms with van der Waals surface area (Å²) in [7, 11) is 0. The van der Waals surface area contributed by atoms with Crippen molar-refractivity contribution in [2.75, 3.05) is 0 Å². The van der Waals surface area contributed by atoms with Crippen molar-refractivity contribution in [2.45, 2.75) is 44.7 Å². The summed E-state index contributed by atoms with van der Waals surface area (Å²) in [5.41, 5.74) is 2.32. The van der Waals surface area contributed by atoms with Gasteiger partial charge in [-0.15, -0.1) is 0 Å². The lowest BCUT2D eigenvalue weighted by atomic mass is 9.89. The first-order valence-electron chi connectivity index (χ1n) is 7.22. The topological polar surface area (TPSA) is 57.6 Å². The Morgan fingerprint density at radius 2 is 2.05 bits per heavy atom. The average Bonchev–Trinajstić information content (AvgIpc) is 2.55. The molecule has 0 radical (unpaired) electrons. The van der Waals surface area contributed by atoms with E-state index < -0.39 is 12.0 Å². The molecule has 106 valence electrons. The molecule has 0 aliphatic carbocycles. The predicted octanol–water partition coefficient (Wildman–Crippen LogP) is 2.39. The van der Waals surface area contributed by atoms with Gasteiger partial charge in [0.25, 0.3) is 0 Å². The summed E-state index contributed by atoms with van der Waals surface area (Å²) >= 11 is 0. The number of nitrogens with zero attached hydrogens (tertiary/aromatic N) is 1. The van der Waals surface area contributed by atoms with Crippen LogP contribution in [0.5, 0.6) is 0 Å². The van der Waals surface area contributed by atoms with Gasteiger partial charge in [0.05, 0.1) is 6.04 Å². The van der Waals surface area contributed by atoms with Crippen molar-refractivity contribution in [2.24, 2.45) is 5.92 Å². The van der Waals surface area contributed by atoms with Gasteiger partial charge < -0.3 is 10.0 Å². The summed E-state index contributed by atoms with van der Waals surface area (Å²) in [6.07, 6.45) is 2.98. The number of rotatable bonds is 1. The second kappa shape index (κ2) is 4.93. The molecule has 3 unspecified atom stereocenters. The van der Waals surface area contributed by atoms with E-state index in [4.69, 9.17) is 0 Å². The second-order valence-electron chi connectivity index (χ2n) is 5.85. The normalized spacial score (nSPS) is 29.4. The quantitative estimate of drug-likeness (QED) is 0.854. The van der Waals surface area contributed by atoms with E-state index in [1.165, 1.54) is 5.56 Å². The Labute approximate surface area is 118 Å². The van der Waals surface area contributed by atoms with Crippen molar-refractivity contribution in [1.82, 2.24) is 4.90 Å². The second-order valence-corrected chi connectivity index (χ2v) is 5.85. The van der Waals surface area contributed by atoms with Crippen molar-refractivity contribution in [3.05, 3.63) is 35.4 Å². The third-order valence-electron chi connectivity index (χ3n) is 4.53. The number of amides is 1. The molecule has 3 rings (SSSR count). The molecular formula is C16H19NO3. The fourth-order valence-corrected chi connectivity index (χ4v) is 3.57. The number of hydrogen-bond acceptors (Lipinski definition) is 2. The van der Waals surface area contributed by atoms with Crippen molar-refractivity contribution < 1.29 is 14.7 Å². The number of piperidine rings is 1. The zero-order chi connectivity index (χ0) is 14.3. The number of fused-ring (bicyclic) bond motifs is 3. The van der Waals surface area contributed by atoms with E-state index in [0.29, 0.717) is 12.8 Å². The third kappa shape index (κ3) is 1.99. The van der Waals surface area contributed by atoms with Crippen molar-refractivity contribution in [3.63, 3.8) is 0 Å². The Morgan fingerprint density at radius 3 is 2.80 bits per heavy atom. The smallest absolute Gasteiger partial charge is 0.326 e. The molecule has 0 aromatic heterocycles. The van der Waals surface area contributed by atoms with Gasteiger partial charge in [-0.2, -0.15) is 0 Å². The third-order valence-corrected chi connectivity index (χ3v) is 4.53. The van der Waals surface area contributed by atoms with Crippen LogP contribution in [0, 0.1) is 5.92 Å². The minimum absolute atomic E-state index is 0.0155. The lowest BCUT2D eigenvalue weighted by Crippen LogP contribution is -2.50. The van der Waals surface area contributed by atoms with Crippen LogP contribution < -0.4 is 0 Å². The number of benzene rings is 1. The molecule has 1 aromatic rings. The molecule has 1 fully saturated rings. The summed E-state index contributed by atoms with van der Waals surface area (Å²) in [6, 6.07) is 7.33. The van der Waals surface area contributed by atoms with Crippen LogP contribution in [0.3, 0.4) is 0 Å². The SMILES string of the molecule is CC1Cc2ccccc2C2CCCC(C(=O)O)N2C1=O. The van der Waals surface area contributed by atoms with E-state index in [1.54, 1.807) is 4.90 Å². The Morgan fingerprint density at radius 1 is 1.30 bits per heavy atom. The molecule has 4 nitrogen and oxygen atoms in total. The largest absolute Gasteiger partial charge is 0.480 e. The van der Waals surface area contributed by atoms with E-state index in [1.807, 2.05) is 25.1 Å². The number of carbonyl (C=O) groups excluding carboxylic acids is 1. The highest BCUT2D eigenvalue weighted by Gasteiger charge is 2.42. The lowest BCUT2D eigenvalue weighted by molar-refractivity contribution is -0.156. The molecule has 1 saturated heterocycles. The molecule has 0 spiro atoms. The molecule has 3 atom stereocenters. The fraction of sp³-hybridized carbons (Fsp3) is 0.500. The number of carbonyl (C=O) groups is 2. The monoisotopic (exact) mass is 273 g/mol. The Kier molecular flexibility index (Phi) is 3.24. The maximum absolute atomic E-state index is 12.6. The van der Waals surface area contributed by atoms with E-state index >= 15 is 0 Å². The molecule has 2 aliphatic rings. The molecule has 20 heavy (non-hydrogen) atoms. The standard InChI is InChI=1S/C16H19NO3/c1-10-9-11-5-2-3-6-12(11)13-7-4-8-14(16(19)20)17(13)15(10)18/h2-3,5-6,10,13-14H,4,7-9H2,1H3,(H,19,20). The van der Waals surface area contributed by atoms with Gasteiger partial charge >= 0.3 is 5.97 Å². The summed E-state index contributed by atoms with van der Waals surface area (Å²) in [4.78, 5) is 25.8. The summed E-state index contributed by atoms with van der Waals surface area (Å²) in [5, 5.41) is 9.43. The molecule has 2 aliphatic heterocycles. The highest BCUT2D eigenvalue weighted by Crippen LogP contribution is 2.40. The number of hydrogen-bond donors (Lipinski definition) is 1. The first-order valence-corrected chi connectivity index (χ1v) is 7.22. The Hall–Kier alpha value is -1.84. The van der Waals surface area contributed by atoms with Crippen molar-refractivity contribution in [1.29, 1.82) is 0 Å².